The van der Waals surface area contributed by atoms with Crippen LogP contribution in [0.5, 0.6) is 0 Å². The molecule has 2 heterocycles. The number of carbonyl (C=O) groups is 2. The van der Waals surface area contributed by atoms with Crippen molar-refractivity contribution >= 4 is 17.7 Å². The quantitative estimate of drug-likeness (QED) is 0.604. The minimum absolute atomic E-state index is 0.139. The van der Waals surface area contributed by atoms with E-state index in [2.05, 4.69) is 15.8 Å². The zero-order chi connectivity index (χ0) is 15.1. The summed E-state index contributed by atoms with van der Waals surface area (Å²) in [6.07, 6.45) is 3.35. The number of hydrazine groups is 1. The van der Waals surface area contributed by atoms with Gasteiger partial charge in [-0.15, -0.1) is 0 Å². The monoisotopic (exact) mass is 292 g/mol. The maximum atomic E-state index is 11.9. The lowest BCUT2D eigenvalue weighted by atomic mass is 9.98. The summed E-state index contributed by atoms with van der Waals surface area (Å²) >= 11 is 0. The van der Waals surface area contributed by atoms with Crippen molar-refractivity contribution < 1.29 is 14.3 Å². The molecule has 0 bridgehead atoms. The van der Waals surface area contributed by atoms with Crippen molar-refractivity contribution in [3.05, 3.63) is 24.4 Å². The van der Waals surface area contributed by atoms with E-state index in [1.165, 1.54) is 7.11 Å². The summed E-state index contributed by atoms with van der Waals surface area (Å²) in [4.78, 5) is 29.4. The van der Waals surface area contributed by atoms with E-state index in [4.69, 9.17) is 4.74 Å². The number of aromatic nitrogens is 1. The summed E-state index contributed by atoms with van der Waals surface area (Å²) in [5.41, 5.74) is 5.35. The normalized spacial score (nSPS) is 18.8. The van der Waals surface area contributed by atoms with Crippen molar-refractivity contribution in [3.63, 3.8) is 0 Å². The van der Waals surface area contributed by atoms with Crippen LogP contribution in [0.3, 0.4) is 0 Å². The first-order valence-electron chi connectivity index (χ1n) is 6.95. The molecule has 0 spiro atoms. The standard InChI is InChI=1S/C14H20N4O3/c1-21-14(20)11-5-4-8-18(9-11)10-13(19)17-16-12-6-2-3-7-15-12/h2-3,6-7,11H,4-5,8-10H2,1H3,(H,15,16)(H,17,19)/t11-/m0/s1. The Morgan fingerprint density at radius 2 is 2.33 bits per heavy atom. The number of hydrogen-bond acceptors (Lipinski definition) is 6. The number of pyridine rings is 1. The van der Waals surface area contributed by atoms with Crippen LogP contribution in [0.15, 0.2) is 24.4 Å². The molecule has 1 aliphatic rings. The number of carbonyl (C=O) groups excluding carboxylic acids is 2. The van der Waals surface area contributed by atoms with E-state index < -0.39 is 0 Å². The number of ether oxygens (including phenoxy) is 1. The number of nitrogens with zero attached hydrogens (tertiary/aromatic N) is 2. The van der Waals surface area contributed by atoms with Crippen molar-refractivity contribution in [2.24, 2.45) is 5.92 Å². The molecule has 1 atom stereocenters. The number of anilines is 1. The molecular formula is C14H20N4O3. The highest BCUT2D eigenvalue weighted by Gasteiger charge is 2.27. The molecule has 0 unspecified atom stereocenters. The molecule has 1 aliphatic heterocycles. The van der Waals surface area contributed by atoms with Gasteiger partial charge in [0.2, 0.25) is 0 Å². The summed E-state index contributed by atoms with van der Waals surface area (Å²) in [7, 11) is 1.39. The van der Waals surface area contributed by atoms with Gasteiger partial charge in [0.25, 0.3) is 5.91 Å². The number of likely N-dealkylation sites (tertiary alicyclic amines) is 1. The molecule has 1 aromatic heterocycles. The zero-order valence-electron chi connectivity index (χ0n) is 12.0. The third-order valence-electron chi connectivity index (χ3n) is 3.40. The number of rotatable bonds is 5. The Morgan fingerprint density at radius 3 is 3.05 bits per heavy atom. The first-order valence-corrected chi connectivity index (χ1v) is 6.95. The fourth-order valence-electron chi connectivity index (χ4n) is 2.37. The van der Waals surface area contributed by atoms with E-state index >= 15 is 0 Å². The second kappa shape index (κ2) is 7.58. The van der Waals surface area contributed by atoms with Crippen molar-refractivity contribution in [2.75, 3.05) is 32.2 Å². The predicted molar refractivity (Wildman–Crippen MR) is 77.2 cm³/mol. The molecule has 7 nitrogen and oxygen atoms in total. The van der Waals surface area contributed by atoms with Gasteiger partial charge in [0.1, 0.15) is 5.82 Å². The summed E-state index contributed by atoms with van der Waals surface area (Å²) < 4.78 is 4.76. The number of piperidine rings is 1. The second-order valence-corrected chi connectivity index (χ2v) is 4.99. The Bertz CT molecular complexity index is 480. The molecule has 1 fully saturated rings. The van der Waals surface area contributed by atoms with Gasteiger partial charge in [-0.2, -0.15) is 0 Å². The second-order valence-electron chi connectivity index (χ2n) is 4.99. The molecule has 0 saturated carbocycles. The van der Waals surface area contributed by atoms with Gasteiger partial charge in [-0.3, -0.25) is 25.3 Å². The van der Waals surface area contributed by atoms with Crippen molar-refractivity contribution in [3.8, 4) is 0 Å². The Hall–Kier alpha value is -2.15. The fraction of sp³-hybridized carbons (Fsp3) is 0.500. The highest BCUT2D eigenvalue weighted by Crippen LogP contribution is 2.17. The number of amides is 1. The van der Waals surface area contributed by atoms with Gasteiger partial charge in [0, 0.05) is 12.7 Å². The van der Waals surface area contributed by atoms with Crippen LogP contribution in [0.4, 0.5) is 5.82 Å². The molecule has 114 valence electrons. The van der Waals surface area contributed by atoms with Crippen LogP contribution in [0.1, 0.15) is 12.8 Å². The van der Waals surface area contributed by atoms with Crippen molar-refractivity contribution in [2.45, 2.75) is 12.8 Å². The summed E-state index contributed by atoms with van der Waals surface area (Å²) in [6.45, 7) is 1.61. The maximum absolute atomic E-state index is 11.9. The van der Waals surface area contributed by atoms with E-state index in [0.29, 0.717) is 12.4 Å². The lowest BCUT2D eigenvalue weighted by Crippen LogP contribution is -2.45. The molecule has 1 saturated heterocycles. The van der Waals surface area contributed by atoms with Gasteiger partial charge in [0.05, 0.1) is 19.6 Å². The van der Waals surface area contributed by atoms with E-state index in [1.807, 2.05) is 11.0 Å². The summed E-state index contributed by atoms with van der Waals surface area (Å²) in [6, 6.07) is 5.38. The SMILES string of the molecule is COC(=O)[C@H]1CCCN(CC(=O)NNc2ccccn2)C1. The van der Waals surface area contributed by atoms with Gasteiger partial charge < -0.3 is 4.74 Å². The third kappa shape index (κ3) is 4.71. The fourth-order valence-corrected chi connectivity index (χ4v) is 2.37. The minimum atomic E-state index is -0.202. The molecular weight excluding hydrogens is 272 g/mol. The number of nitrogens with one attached hydrogen (secondary N) is 2. The molecule has 2 rings (SSSR count). The summed E-state index contributed by atoms with van der Waals surface area (Å²) in [5.74, 6) is 0.0788. The smallest absolute Gasteiger partial charge is 0.309 e. The third-order valence-corrected chi connectivity index (χ3v) is 3.40. The minimum Gasteiger partial charge on any atom is -0.469 e. The molecule has 2 N–H and O–H groups in total. The topological polar surface area (TPSA) is 83.6 Å². The number of methoxy groups -OCH3 is 1. The molecule has 0 aromatic carbocycles. The van der Waals surface area contributed by atoms with E-state index in [-0.39, 0.29) is 24.3 Å². The van der Waals surface area contributed by atoms with E-state index in [9.17, 15) is 9.59 Å². The Kier molecular flexibility index (Phi) is 5.51. The molecule has 21 heavy (non-hydrogen) atoms. The van der Waals surface area contributed by atoms with Crippen LogP contribution in [0.25, 0.3) is 0 Å². The maximum Gasteiger partial charge on any atom is 0.309 e. The number of hydrogen-bond donors (Lipinski definition) is 2. The van der Waals surface area contributed by atoms with Crippen molar-refractivity contribution in [1.29, 1.82) is 0 Å². The van der Waals surface area contributed by atoms with Gasteiger partial charge in [0.15, 0.2) is 0 Å². The zero-order valence-corrected chi connectivity index (χ0v) is 12.0. The van der Waals surface area contributed by atoms with Gasteiger partial charge in [-0.1, -0.05) is 6.07 Å². The molecule has 1 amide bonds. The van der Waals surface area contributed by atoms with Crippen molar-refractivity contribution in [1.82, 2.24) is 15.3 Å². The lowest BCUT2D eigenvalue weighted by molar-refractivity contribution is -0.147. The predicted octanol–water partition coefficient (Wildman–Crippen LogP) is 0.410. The first kappa shape index (κ1) is 15.2. The lowest BCUT2D eigenvalue weighted by Gasteiger charge is -2.30. The van der Waals surface area contributed by atoms with Crippen LogP contribution in [-0.4, -0.2) is 48.5 Å². The van der Waals surface area contributed by atoms with Crippen LogP contribution >= 0.6 is 0 Å². The highest BCUT2D eigenvalue weighted by molar-refractivity contribution is 5.79. The van der Waals surface area contributed by atoms with Crippen LogP contribution in [0, 0.1) is 5.92 Å². The van der Waals surface area contributed by atoms with E-state index in [1.54, 1.807) is 18.3 Å². The average Bonchev–Trinajstić information content (AvgIpc) is 2.53. The van der Waals surface area contributed by atoms with Crippen LogP contribution in [0.2, 0.25) is 0 Å². The van der Waals surface area contributed by atoms with Gasteiger partial charge >= 0.3 is 5.97 Å². The summed E-state index contributed by atoms with van der Waals surface area (Å²) in [5, 5.41) is 0. The molecule has 1 aromatic rings. The van der Waals surface area contributed by atoms with Gasteiger partial charge in [-0.25, -0.2) is 4.98 Å². The molecule has 0 aliphatic carbocycles. The Labute approximate surface area is 123 Å². The molecule has 7 heteroatoms. The van der Waals surface area contributed by atoms with Crippen LogP contribution < -0.4 is 10.9 Å². The Morgan fingerprint density at radius 1 is 1.48 bits per heavy atom. The van der Waals surface area contributed by atoms with Gasteiger partial charge in [-0.05, 0) is 31.5 Å². The largest absolute Gasteiger partial charge is 0.469 e. The van der Waals surface area contributed by atoms with Crippen LogP contribution in [-0.2, 0) is 14.3 Å². The first-order chi connectivity index (χ1) is 10.2. The molecule has 0 radical (unpaired) electrons. The Balaban J connectivity index is 1.76. The number of esters is 1. The van der Waals surface area contributed by atoms with E-state index in [0.717, 1.165) is 19.4 Å². The highest BCUT2D eigenvalue weighted by atomic mass is 16.5. The average molecular weight is 292 g/mol.